The Hall–Kier alpha value is -3.52. The second-order valence-corrected chi connectivity index (χ2v) is 8.68. The molecular formula is C26H22F3NO3S. The van der Waals surface area contributed by atoms with Gasteiger partial charge >= 0.3 is 12.1 Å². The fourth-order valence-electron chi connectivity index (χ4n) is 3.65. The maximum absolute atomic E-state index is 13.6. The Morgan fingerprint density at radius 1 is 1.09 bits per heavy atom. The third-order valence-electron chi connectivity index (χ3n) is 5.23. The first kappa shape index (κ1) is 23.6. The molecule has 0 bridgehead atoms. The lowest BCUT2D eigenvalue weighted by Gasteiger charge is -2.07. The maximum atomic E-state index is 13.6. The van der Waals surface area contributed by atoms with Crippen LogP contribution in [0.1, 0.15) is 22.4 Å². The van der Waals surface area contributed by atoms with E-state index in [0.717, 1.165) is 16.6 Å². The van der Waals surface area contributed by atoms with Crippen LogP contribution in [0.2, 0.25) is 0 Å². The molecule has 0 amide bonds. The summed E-state index contributed by atoms with van der Waals surface area (Å²) < 4.78 is 53.5. The molecule has 176 valence electrons. The number of aryl methyl sites for hydroxylation is 1. The van der Waals surface area contributed by atoms with Crippen LogP contribution < -0.4 is 4.74 Å². The average molecular weight is 486 g/mol. The zero-order valence-electron chi connectivity index (χ0n) is 18.6. The molecule has 2 aromatic carbocycles. The molecule has 0 spiro atoms. The van der Waals surface area contributed by atoms with Crippen LogP contribution in [0.3, 0.4) is 0 Å². The molecule has 0 unspecified atom stereocenters. The minimum absolute atomic E-state index is 0.0224. The van der Waals surface area contributed by atoms with Crippen molar-refractivity contribution in [1.82, 2.24) is 4.57 Å². The summed E-state index contributed by atoms with van der Waals surface area (Å²) in [5, 5.41) is 0.885. The second kappa shape index (κ2) is 9.77. The molecule has 0 radical (unpaired) electrons. The Balaban J connectivity index is 1.55. The SMILES string of the molecule is CCOC(=O)/C=C/c1cc2cc(OCc3cc(-c4ccccc4)c(C(F)(F)F)s3)ccc2n1C. The van der Waals surface area contributed by atoms with Gasteiger partial charge in [-0.2, -0.15) is 13.2 Å². The smallest absolute Gasteiger partial charge is 0.426 e. The number of benzene rings is 2. The number of nitrogens with zero attached hydrogens (tertiary/aromatic N) is 1. The Labute approximate surface area is 198 Å². The second-order valence-electron chi connectivity index (χ2n) is 7.54. The number of rotatable bonds is 7. The number of alkyl halides is 3. The van der Waals surface area contributed by atoms with Crippen LogP contribution in [0.15, 0.2) is 66.7 Å². The van der Waals surface area contributed by atoms with Crippen molar-refractivity contribution in [2.75, 3.05) is 6.61 Å². The zero-order chi connectivity index (χ0) is 24.3. The quantitative estimate of drug-likeness (QED) is 0.207. The fourth-order valence-corrected chi connectivity index (χ4v) is 4.61. The number of esters is 1. The molecule has 34 heavy (non-hydrogen) atoms. The van der Waals surface area contributed by atoms with Crippen LogP contribution in [0.4, 0.5) is 13.2 Å². The predicted octanol–water partition coefficient (Wildman–Crippen LogP) is 7.08. The molecule has 0 fully saturated rings. The van der Waals surface area contributed by atoms with Crippen LogP contribution in [-0.4, -0.2) is 17.1 Å². The molecule has 8 heteroatoms. The van der Waals surface area contributed by atoms with Crippen LogP contribution in [0, 0.1) is 0 Å². The predicted molar refractivity (Wildman–Crippen MR) is 128 cm³/mol. The molecule has 4 rings (SSSR count). The normalized spacial score (nSPS) is 11.9. The lowest BCUT2D eigenvalue weighted by Crippen LogP contribution is -2.03. The van der Waals surface area contributed by atoms with Crippen LogP contribution in [-0.2, 0) is 29.4 Å². The first-order chi connectivity index (χ1) is 16.3. The van der Waals surface area contributed by atoms with Gasteiger partial charge in [-0.05, 0) is 48.9 Å². The van der Waals surface area contributed by atoms with E-state index in [4.69, 9.17) is 9.47 Å². The fraction of sp³-hybridized carbons (Fsp3) is 0.192. The summed E-state index contributed by atoms with van der Waals surface area (Å²) in [6.07, 6.45) is -1.40. The van der Waals surface area contributed by atoms with E-state index in [9.17, 15) is 18.0 Å². The highest BCUT2D eigenvalue weighted by Gasteiger charge is 2.36. The number of carbonyl (C=O) groups excluding carboxylic acids is 1. The van der Waals surface area contributed by atoms with Gasteiger partial charge in [0, 0.05) is 40.2 Å². The topological polar surface area (TPSA) is 40.5 Å². The number of halogens is 3. The first-order valence-electron chi connectivity index (χ1n) is 10.6. The molecule has 0 aliphatic rings. The van der Waals surface area contributed by atoms with Crippen molar-refractivity contribution in [3.8, 4) is 16.9 Å². The largest absolute Gasteiger partial charge is 0.488 e. The van der Waals surface area contributed by atoms with Crippen molar-refractivity contribution in [2.24, 2.45) is 7.05 Å². The summed E-state index contributed by atoms with van der Waals surface area (Å²) in [6.45, 7) is 2.07. The minimum atomic E-state index is -4.44. The summed E-state index contributed by atoms with van der Waals surface area (Å²) in [5.41, 5.74) is 2.41. The highest BCUT2D eigenvalue weighted by Crippen LogP contribution is 2.43. The highest BCUT2D eigenvalue weighted by molar-refractivity contribution is 7.12. The van der Waals surface area contributed by atoms with Gasteiger partial charge in [-0.25, -0.2) is 4.79 Å². The van der Waals surface area contributed by atoms with Gasteiger partial charge in [-0.3, -0.25) is 0 Å². The molecule has 4 nitrogen and oxygen atoms in total. The molecule has 2 heterocycles. The minimum Gasteiger partial charge on any atom is -0.488 e. The van der Waals surface area contributed by atoms with Gasteiger partial charge < -0.3 is 14.0 Å². The van der Waals surface area contributed by atoms with E-state index >= 15 is 0 Å². The average Bonchev–Trinajstić information content (AvgIpc) is 3.38. The lowest BCUT2D eigenvalue weighted by molar-refractivity contribution is -0.137. The molecule has 0 saturated heterocycles. The lowest BCUT2D eigenvalue weighted by atomic mass is 10.1. The summed E-state index contributed by atoms with van der Waals surface area (Å²) in [5.74, 6) is 0.128. The Morgan fingerprint density at radius 3 is 2.56 bits per heavy atom. The third kappa shape index (κ3) is 5.17. The van der Waals surface area contributed by atoms with Gasteiger partial charge in [0.05, 0.1) is 6.61 Å². The Kier molecular flexibility index (Phi) is 6.79. The van der Waals surface area contributed by atoms with Crippen molar-refractivity contribution in [2.45, 2.75) is 19.7 Å². The summed E-state index contributed by atoms with van der Waals surface area (Å²) >= 11 is 0.697. The molecule has 0 saturated carbocycles. The zero-order valence-corrected chi connectivity index (χ0v) is 19.4. The van der Waals surface area contributed by atoms with Crippen molar-refractivity contribution in [3.05, 3.63) is 82.2 Å². The number of ether oxygens (including phenoxy) is 2. The molecule has 4 aromatic rings. The van der Waals surface area contributed by atoms with Crippen molar-refractivity contribution in [1.29, 1.82) is 0 Å². The van der Waals surface area contributed by atoms with Gasteiger partial charge in [0.25, 0.3) is 0 Å². The van der Waals surface area contributed by atoms with E-state index in [0.29, 0.717) is 34.1 Å². The molecule has 0 aliphatic carbocycles. The maximum Gasteiger partial charge on any atom is 0.426 e. The van der Waals surface area contributed by atoms with Gasteiger partial charge in [0.2, 0.25) is 0 Å². The third-order valence-corrected chi connectivity index (χ3v) is 6.39. The van der Waals surface area contributed by atoms with E-state index in [1.54, 1.807) is 55.5 Å². The number of fused-ring (bicyclic) bond motifs is 1. The Bertz CT molecular complexity index is 1340. The van der Waals surface area contributed by atoms with Gasteiger partial charge in [-0.1, -0.05) is 30.3 Å². The van der Waals surface area contributed by atoms with Gasteiger partial charge in [0.15, 0.2) is 0 Å². The summed E-state index contributed by atoms with van der Waals surface area (Å²) in [6, 6.07) is 17.5. The van der Waals surface area contributed by atoms with E-state index < -0.39 is 17.0 Å². The van der Waals surface area contributed by atoms with Gasteiger partial charge in [0.1, 0.15) is 17.2 Å². The molecular weight excluding hydrogens is 463 g/mol. The van der Waals surface area contributed by atoms with E-state index in [2.05, 4.69) is 0 Å². The number of carbonyl (C=O) groups is 1. The monoisotopic (exact) mass is 485 g/mol. The number of thiophene rings is 1. The van der Waals surface area contributed by atoms with Crippen LogP contribution in [0.5, 0.6) is 5.75 Å². The summed E-state index contributed by atoms with van der Waals surface area (Å²) in [4.78, 5) is 11.4. The van der Waals surface area contributed by atoms with Crippen LogP contribution >= 0.6 is 11.3 Å². The van der Waals surface area contributed by atoms with Gasteiger partial charge in [-0.15, -0.1) is 11.3 Å². The molecule has 0 atom stereocenters. The van der Waals surface area contributed by atoms with E-state index in [1.807, 2.05) is 29.8 Å². The number of aromatic nitrogens is 1. The van der Waals surface area contributed by atoms with Crippen molar-refractivity contribution in [3.63, 3.8) is 0 Å². The molecule has 2 aromatic heterocycles. The highest BCUT2D eigenvalue weighted by atomic mass is 32.1. The summed E-state index contributed by atoms with van der Waals surface area (Å²) in [7, 11) is 1.88. The van der Waals surface area contributed by atoms with Crippen molar-refractivity contribution < 1.29 is 27.4 Å². The standard InChI is InChI=1S/C26H22F3NO3S/c1-3-32-24(31)12-9-19-13-18-14-20(10-11-23(18)30(19)2)33-16-21-15-22(17-7-5-4-6-8-17)25(34-21)26(27,28)29/h4-15H,3,16H2,1-2H3/b12-9+. The Morgan fingerprint density at radius 2 is 1.85 bits per heavy atom. The first-order valence-corrected chi connectivity index (χ1v) is 11.4. The van der Waals surface area contributed by atoms with E-state index in [-0.39, 0.29) is 12.2 Å². The molecule has 0 aliphatic heterocycles. The molecule has 0 N–H and O–H groups in total. The van der Waals surface area contributed by atoms with Crippen molar-refractivity contribution >= 4 is 34.3 Å². The van der Waals surface area contributed by atoms with Crippen LogP contribution in [0.25, 0.3) is 28.1 Å². The number of hydrogen-bond donors (Lipinski definition) is 0. The van der Waals surface area contributed by atoms with E-state index in [1.165, 1.54) is 6.08 Å². The number of hydrogen-bond acceptors (Lipinski definition) is 4.